The van der Waals surface area contributed by atoms with Crippen molar-refractivity contribution in [2.75, 3.05) is 0 Å². The molecule has 0 heterocycles. The minimum atomic E-state index is 0.305. The maximum absolute atomic E-state index is 11.5. The third kappa shape index (κ3) is 4.93. The van der Waals surface area contributed by atoms with E-state index in [1.165, 1.54) is 0 Å². The highest BCUT2D eigenvalue weighted by Crippen LogP contribution is 2.12. The van der Waals surface area contributed by atoms with Gasteiger partial charge in [-0.2, -0.15) is 0 Å². The van der Waals surface area contributed by atoms with Crippen LogP contribution in [0.15, 0.2) is 41.4 Å². The molecule has 0 amide bonds. The van der Waals surface area contributed by atoms with Gasteiger partial charge in [-0.25, -0.2) is 0 Å². The van der Waals surface area contributed by atoms with E-state index < -0.39 is 0 Å². The molecule has 0 bridgehead atoms. The monoisotopic (exact) mass is 266 g/mol. The van der Waals surface area contributed by atoms with Gasteiger partial charge in [0.05, 0.1) is 0 Å². The average Bonchev–Trinajstić information content (AvgIpc) is 2.22. The summed E-state index contributed by atoms with van der Waals surface area (Å²) in [5.74, 6) is 0.305. The minimum Gasteiger partial charge on any atom is -0.299 e. The molecule has 0 aromatic heterocycles. The van der Waals surface area contributed by atoms with Crippen molar-refractivity contribution in [2.45, 2.75) is 25.7 Å². The van der Waals surface area contributed by atoms with E-state index in [1.807, 2.05) is 30.3 Å². The van der Waals surface area contributed by atoms with Gasteiger partial charge in [0.2, 0.25) is 0 Å². The van der Waals surface area contributed by atoms with E-state index in [0.717, 1.165) is 22.9 Å². The quantitative estimate of drug-likeness (QED) is 0.564. The molecule has 0 N–H and O–H groups in total. The van der Waals surface area contributed by atoms with Gasteiger partial charge in [0.15, 0.2) is 0 Å². The smallest absolute Gasteiger partial charge is 0.137 e. The summed E-state index contributed by atoms with van der Waals surface area (Å²) in [4.78, 5) is 11.5. The van der Waals surface area contributed by atoms with Gasteiger partial charge >= 0.3 is 0 Å². The molecule has 0 radical (unpaired) electrons. The van der Waals surface area contributed by atoms with Crippen LogP contribution in [0.2, 0.25) is 0 Å². The summed E-state index contributed by atoms with van der Waals surface area (Å²) < 4.78 is 1.05. The Kier molecular flexibility index (Phi) is 5.33. The summed E-state index contributed by atoms with van der Waals surface area (Å²) >= 11 is 3.37. The van der Waals surface area contributed by atoms with Crippen molar-refractivity contribution < 1.29 is 4.79 Å². The van der Waals surface area contributed by atoms with Crippen molar-refractivity contribution in [3.05, 3.63) is 47.0 Å². The summed E-state index contributed by atoms with van der Waals surface area (Å²) in [7, 11) is 0. The minimum absolute atomic E-state index is 0.305. The van der Waals surface area contributed by atoms with E-state index in [0.29, 0.717) is 18.6 Å². The van der Waals surface area contributed by atoms with Gasteiger partial charge in [-0.3, -0.25) is 4.79 Å². The fraction of sp³-hybridized carbons (Fsp3) is 0.308. The topological polar surface area (TPSA) is 17.1 Å². The van der Waals surface area contributed by atoms with Gasteiger partial charge in [-0.05, 0) is 30.5 Å². The molecule has 0 aliphatic heterocycles. The van der Waals surface area contributed by atoms with Gasteiger partial charge in [-0.15, -0.1) is 6.58 Å². The van der Waals surface area contributed by atoms with Crippen LogP contribution in [0.5, 0.6) is 0 Å². The molecule has 0 spiro atoms. The Morgan fingerprint density at radius 3 is 2.60 bits per heavy atom. The second-order valence-electron chi connectivity index (χ2n) is 3.52. The molecule has 0 fully saturated rings. The number of Topliss-reactive ketones (excluding diaryl/α,β-unsaturated/α-hetero) is 1. The molecule has 0 aliphatic rings. The second kappa shape index (κ2) is 6.57. The Balaban J connectivity index is 2.37. The molecule has 0 aliphatic carbocycles. The molecule has 0 atom stereocenters. The average molecular weight is 267 g/mol. The lowest BCUT2D eigenvalue weighted by atomic mass is 10.1. The SMILES string of the molecule is C=CCCCC(=O)Cc1ccc(Br)cc1. The lowest BCUT2D eigenvalue weighted by Crippen LogP contribution is -2.01. The molecule has 1 rings (SSSR count). The van der Waals surface area contributed by atoms with E-state index >= 15 is 0 Å². The lowest BCUT2D eigenvalue weighted by molar-refractivity contribution is -0.118. The van der Waals surface area contributed by atoms with Crippen molar-refractivity contribution in [1.29, 1.82) is 0 Å². The van der Waals surface area contributed by atoms with Gasteiger partial charge in [0.25, 0.3) is 0 Å². The summed E-state index contributed by atoms with van der Waals surface area (Å²) in [6.45, 7) is 3.63. The molecule has 0 saturated heterocycles. The summed E-state index contributed by atoms with van der Waals surface area (Å²) in [5.41, 5.74) is 1.09. The molecule has 80 valence electrons. The maximum Gasteiger partial charge on any atom is 0.137 e. The number of halogens is 1. The first kappa shape index (κ1) is 12.2. The van der Waals surface area contributed by atoms with Gasteiger partial charge in [-0.1, -0.05) is 34.1 Å². The van der Waals surface area contributed by atoms with Crippen LogP contribution in [0.25, 0.3) is 0 Å². The van der Waals surface area contributed by atoms with Crippen LogP contribution in [0.3, 0.4) is 0 Å². The van der Waals surface area contributed by atoms with Crippen LogP contribution in [0.1, 0.15) is 24.8 Å². The number of hydrogen-bond donors (Lipinski definition) is 0. The molecule has 2 heteroatoms. The number of unbranched alkanes of at least 4 members (excludes halogenated alkanes) is 1. The summed E-state index contributed by atoms with van der Waals surface area (Å²) in [6.07, 6.45) is 4.89. The highest BCUT2D eigenvalue weighted by Gasteiger charge is 2.02. The number of carbonyl (C=O) groups excluding carboxylic acids is 1. The zero-order valence-electron chi connectivity index (χ0n) is 8.71. The predicted octanol–water partition coefficient (Wildman–Crippen LogP) is 3.92. The van der Waals surface area contributed by atoms with Crippen molar-refractivity contribution in [1.82, 2.24) is 0 Å². The van der Waals surface area contributed by atoms with Gasteiger partial charge < -0.3 is 0 Å². The maximum atomic E-state index is 11.5. The number of ketones is 1. The van der Waals surface area contributed by atoms with Crippen LogP contribution < -0.4 is 0 Å². The van der Waals surface area contributed by atoms with E-state index in [9.17, 15) is 4.79 Å². The first-order chi connectivity index (χ1) is 7.22. The summed E-state index contributed by atoms with van der Waals surface area (Å²) in [6, 6.07) is 7.89. The van der Waals surface area contributed by atoms with Crippen molar-refractivity contribution in [3.63, 3.8) is 0 Å². The van der Waals surface area contributed by atoms with Crippen molar-refractivity contribution >= 4 is 21.7 Å². The number of rotatable bonds is 6. The second-order valence-corrected chi connectivity index (χ2v) is 4.44. The van der Waals surface area contributed by atoms with E-state index in [1.54, 1.807) is 0 Å². The standard InChI is InChI=1S/C13H15BrO/c1-2-3-4-5-13(15)10-11-6-8-12(14)9-7-11/h2,6-9H,1,3-5,10H2. The van der Waals surface area contributed by atoms with E-state index in [-0.39, 0.29) is 0 Å². The fourth-order valence-corrected chi connectivity index (χ4v) is 1.63. The Morgan fingerprint density at radius 2 is 2.00 bits per heavy atom. The van der Waals surface area contributed by atoms with Crippen molar-refractivity contribution in [3.8, 4) is 0 Å². The number of allylic oxidation sites excluding steroid dienone is 1. The fourth-order valence-electron chi connectivity index (χ4n) is 1.36. The molecule has 1 nitrogen and oxygen atoms in total. The van der Waals surface area contributed by atoms with Crippen LogP contribution in [-0.2, 0) is 11.2 Å². The highest BCUT2D eigenvalue weighted by molar-refractivity contribution is 9.10. The predicted molar refractivity (Wildman–Crippen MR) is 66.9 cm³/mol. The molecule has 0 saturated carbocycles. The number of benzene rings is 1. The Bertz CT molecular complexity index is 327. The van der Waals surface area contributed by atoms with Crippen molar-refractivity contribution in [2.24, 2.45) is 0 Å². The normalized spacial score (nSPS) is 9.93. The zero-order chi connectivity index (χ0) is 11.1. The lowest BCUT2D eigenvalue weighted by Gasteiger charge is -2.00. The Morgan fingerprint density at radius 1 is 1.33 bits per heavy atom. The first-order valence-electron chi connectivity index (χ1n) is 5.09. The van der Waals surface area contributed by atoms with Gasteiger partial charge in [0.1, 0.15) is 5.78 Å². The summed E-state index contributed by atoms with van der Waals surface area (Å²) in [5, 5.41) is 0. The Labute approximate surface area is 99.3 Å². The molecule has 1 aromatic carbocycles. The largest absolute Gasteiger partial charge is 0.299 e. The number of carbonyl (C=O) groups is 1. The van der Waals surface area contributed by atoms with Crippen LogP contribution >= 0.6 is 15.9 Å². The van der Waals surface area contributed by atoms with E-state index in [4.69, 9.17) is 0 Å². The molecular formula is C13H15BrO. The van der Waals surface area contributed by atoms with Gasteiger partial charge in [0, 0.05) is 17.3 Å². The van der Waals surface area contributed by atoms with E-state index in [2.05, 4.69) is 22.5 Å². The molecule has 0 unspecified atom stereocenters. The van der Waals surface area contributed by atoms with Crippen LogP contribution in [0.4, 0.5) is 0 Å². The highest BCUT2D eigenvalue weighted by atomic mass is 79.9. The molecule has 1 aromatic rings. The molecule has 15 heavy (non-hydrogen) atoms. The zero-order valence-corrected chi connectivity index (χ0v) is 10.3. The third-order valence-corrected chi connectivity index (χ3v) is 2.71. The van der Waals surface area contributed by atoms with Crippen LogP contribution in [0, 0.1) is 0 Å². The third-order valence-electron chi connectivity index (χ3n) is 2.18. The molecular weight excluding hydrogens is 252 g/mol. The Hall–Kier alpha value is -0.890. The first-order valence-corrected chi connectivity index (χ1v) is 5.88. The number of hydrogen-bond acceptors (Lipinski definition) is 1. The van der Waals surface area contributed by atoms with Crippen LogP contribution in [-0.4, -0.2) is 5.78 Å².